The Labute approximate surface area is 370 Å². The number of carbonyl (C=O) groups is 1. The molecule has 2 aliphatic heterocycles. The van der Waals surface area contributed by atoms with Crippen LogP contribution in [0.15, 0.2) is 30.3 Å². The van der Waals surface area contributed by atoms with Crippen molar-refractivity contribution in [3.63, 3.8) is 0 Å². The van der Waals surface area contributed by atoms with Crippen LogP contribution in [-0.4, -0.2) is 52.3 Å². The number of nitrogens with one attached hydrogen (secondary N) is 1. The summed E-state index contributed by atoms with van der Waals surface area (Å²) in [5.41, 5.74) is -11.1. The Hall–Kier alpha value is -8.32. The molecule has 8 bridgehead atoms. The van der Waals surface area contributed by atoms with Gasteiger partial charge in [-0.15, -0.1) is 4.79 Å². The molecular formula is C43H15F15N8O3. The molecule has 5 heterocycles. The van der Waals surface area contributed by atoms with E-state index in [0.29, 0.717) is 12.8 Å². The molecule has 69 heavy (non-hydrogen) atoms. The maximum absolute atomic E-state index is 16.6. The first kappa shape index (κ1) is 44.5. The molecule has 11 nitrogen and oxygen atoms in total. The Kier molecular flexibility index (Phi) is 10.3. The van der Waals surface area contributed by atoms with Crippen molar-refractivity contribution < 1.29 is 80.2 Å². The summed E-state index contributed by atoms with van der Waals surface area (Å²) >= 11 is 0. The van der Waals surface area contributed by atoms with E-state index in [4.69, 9.17) is 9.47 Å². The lowest BCUT2D eigenvalue weighted by molar-refractivity contribution is 0.0499. The lowest BCUT2D eigenvalue weighted by atomic mass is 10.1. The minimum absolute atomic E-state index is 0.0521. The summed E-state index contributed by atoms with van der Waals surface area (Å²) in [6.07, 6.45) is 1.21. The maximum atomic E-state index is 16.6. The molecule has 10 rings (SSSR count). The van der Waals surface area contributed by atoms with Crippen molar-refractivity contribution in [1.29, 1.82) is 0 Å². The molecule has 0 fully saturated rings. The van der Waals surface area contributed by atoms with Gasteiger partial charge in [-0.05, 0) is 36.8 Å². The number of halogens is 15. The van der Waals surface area contributed by atoms with Crippen LogP contribution in [0.4, 0.5) is 65.9 Å². The topological polar surface area (TPSA) is 134 Å². The summed E-state index contributed by atoms with van der Waals surface area (Å²) in [5, 5.41) is -5.69. The van der Waals surface area contributed by atoms with Crippen molar-refractivity contribution in [3.05, 3.63) is 117 Å². The third-order valence-corrected chi connectivity index (χ3v) is 10.7. The van der Waals surface area contributed by atoms with E-state index in [2.05, 4.69) is 34.9 Å². The van der Waals surface area contributed by atoms with Crippen LogP contribution < -0.4 is 4.74 Å². The van der Waals surface area contributed by atoms with E-state index in [1.807, 2.05) is 6.92 Å². The molecule has 5 aromatic carbocycles. The number of hydrogen-bond acceptors (Lipinski definition) is 9. The standard InChI is InChI=1S/C43H15F15N8O3/c1-2-3-8-68-43(67)10-4-6-11(7-5-10)69-34-20-17(25(49)32(56)33(34)57)38-61-37-15-16(24(48)29(53)28(52)23(15)47)39(62-37)65-42-19-18(26(50)30(54)31(55)27(19)51)41(66(42)58)64-36-14-12(9-13(44)21(45)22(14)46)35(59-36)60-40(20)63-38/h4-7,9H,2-3,8H2,1H3,(H,59,60,61,62,63,64,65). The highest BCUT2D eigenvalue weighted by molar-refractivity contribution is 6.10. The predicted octanol–water partition coefficient (Wildman–Crippen LogP) is 11.8. The summed E-state index contributed by atoms with van der Waals surface area (Å²) in [5.74, 6) is -40.9. The fourth-order valence-corrected chi connectivity index (χ4v) is 7.52. The SMILES string of the molecule is CCCCOC(=O)c1ccc(Oc2c(F)c(F)c(F)c3c4nc5nc(nc6c7c(F)c(F)c(F)c(F)c7c(nc7nc(nc([nH]4)c23)-c2cc(F)c(F)c(F)c2-7)n6F)-c2c(F)c(F)c(F)c(F)c2-5)cc1. The second-order valence-corrected chi connectivity index (χ2v) is 14.8. The lowest BCUT2D eigenvalue weighted by Crippen LogP contribution is -2.06. The van der Waals surface area contributed by atoms with Crippen LogP contribution in [0.1, 0.15) is 30.1 Å². The van der Waals surface area contributed by atoms with Crippen LogP contribution >= 0.6 is 0 Å². The van der Waals surface area contributed by atoms with E-state index in [9.17, 15) is 31.1 Å². The number of nitrogens with zero attached hydrogens (tertiary/aromatic N) is 7. The number of benzene rings is 5. The molecule has 26 heteroatoms. The average Bonchev–Trinajstić information content (AvgIpc) is 4.05. The molecule has 350 valence electrons. The Morgan fingerprint density at radius 3 is 1.61 bits per heavy atom. The fraction of sp³-hybridized carbons (Fsp3) is 0.0930. The van der Waals surface area contributed by atoms with Gasteiger partial charge in [0.15, 0.2) is 116 Å². The average molecular weight is 977 g/mol. The van der Waals surface area contributed by atoms with Gasteiger partial charge in [-0.25, -0.2) is 91.8 Å². The molecule has 0 amide bonds. The highest BCUT2D eigenvalue weighted by atomic mass is 19.2. The Balaban J connectivity index is 1.39. The van der Waals surface area contributed by atoms with Gasteiger partial charge in [-0.2, -0.15) is 4.39 Å². The van der Waals surface area contributed by atoms with Crippen molar-refractivity contribution in [1.82, 2.24) is 39.7 Å². The number of unbranched alkanes of at least 4 members (excludes halogenated alkanes) is 1. The molecule has 0 spiro atoms. The number of fused-ring (bicyclic) bond motifs is 20. The number of aromatic amines is 1. The van der Waals surface area contributed by atoms with Crippen molar-refractivity contribution >= 4 is 50.1 Å². The largest absolute Gasteiger partial charge is 0.462 e. The Bertz CT molecular complexity index is 3830. The fourth-order valence-electron chi connectivity index (χ4n) is 7.52. The van der Waals surface area contributed by atoms with Gasteiger partial charge in [0.2, 0.25) is 5.82 Å². The summed E-state index contributed by atoms with van der Waals surface area (Å²) in [4.78, 5) is 36.1. The second-order valence-electron chi connectivity index (χ2n) is 14.8. The quantitative estimate of drug-likeness (QED) is 0.0568. The number of aromatic nitrogens is 8. The van der Waals surface area contributed by atoms with Crippen LogP contribution in [0.3, 0.4) is 0 Å². The second kappa shape index (κ2) is 15.9. The first-order chi connectivity index (χ1) is 32.8. The van der Waals surface area contributed by atoms with Gasteiger partial charge in [-0.1, -0.05) is 17.8 Å². The zero-order chi connectivity index (χ0) is 49.2. The first-order valence-corrected chi connectivity index (χ1v) is 19.4. The minimum atomic E-state index is -2.63. The summed E-state index contributed by atoms with van der Waals surface area (Å²) in [6.45, 7) is 1.89. The van der Waals surface area contributed by atoms with Crippen molar-refractivity contribution in [2.24, 2.45) is 0 Å². The first-order valence-electron chi connectivity index (χ1n) is 19.4. The number of H-pyrrole nitrogens is 1. The molecule has 0 atom stereocenters. The number of hydrogen-bond donors (Lipinski definition) is 1. The van der Waals surface area contributed by atoms with Gasteiger partial charge in [0.05, 0.1) is 50.4 Å². The number of carbonyl (C=O) groups excluding carboxylic acids is 1. The molecule has 0 saturated heterocycles. The normalized spacial score (nSPS) is 12.0. The van der Waals surface area contributed by atoms with Crippen LogP contribution in [0.25, 0.3) is 89.7 Å². The summed E-state index contributed by atoms with van der Waals surface area (Å²) in [7, 11) is 0. The highest BCUT2D eigenvalue weighted by Gasteiger charge is 2.37. The van der Waals surface area contributed by atoms with E-state index in [-0.39, 0.29) is 18.2 Å². The Morgan fingerprint density at radius 1 is 0.536 bits per heavy atom. The lowest BCUT2D eigenvalue weighted by Gasteiger charge is -2.11. The maximum Gasteiger partial charge on any atom is 0.338 e. The van der Waals surface area contributed by atoms with Crippen molar-refractivity contribution in [3.8, 4) is 57.1 Å². The van der Waals surface area contributed by atoms with Gasteiger partial charge in [0, 0.05) is 5.56 Å². The third kappa shape index (κ3) is 6.51. The molecule has 1 N–H and O–H groups in total. The smallest absolute Gasteiger partial charge is 0.338 e. The highest BCUT2D eigenvalue weighted by Crippen LogP contribution is 2.45. The van der Waals surface area contributed by atoms with Crippen LogP contribution in [0.2, 0.25) is 0 Å². The van der Waals surface area contributed by atoms with Crippen molar-refractivity contribution in [2.45, 2.75) is 19.8 Å². The molecule has 0 unspecified atom stereocenters. The molecule has 3 aromatic heterocycles. The summed E-state index contributed by atoms with van der Waals surface area (Å²) in [6, 6.07) is 4.54. The van der Waals surface area contributed by atoms with E-state index < -0.39 is 193 Å². The molecule has 0 radical (unpaired) electrons. The van der Waals surface area contributed by atoms with Crippen LogP contribution in [0, 0.1) is 81.4 Å². The molecule has 0 aliphatic carbocycles. The van der Waals surface area contributed by atoms with Gasteiger partial charge < -0.3 is 14.5 Å². The minimum Gasteiger partial charge on any atom is -0.462 e. The Morgan fingerprint density at radius 2 is 1.01 bits per heavy atom. The van der Waals surface area contributed by atoms with Gasteiger partial charge in [-0.3, -0.25) is 0 Å². The molecule has 2 aliphatic rings. The number of esters is 1. The third-order valence-electron chi connectivity index (χ3n) is 10.7. The van der Waals surface area contributed by atoms with Gasteiger partial charge in [0.25, 0.3) is 0 Å². The van der Waals surface area contributed by atoms with Gasteiger partial charge in [0.1, 0.15) is 17.0 Å². The van der Waals surface area contributed by atoms with Crippen LogP contribution in [0.5, 0.6) is 11.5 Å². The summed E-state index contributed by atoms with van der Waals surface area (Å²) < 4.78 is 244. The van der Waals surface area contributed by atoms with Crippen LogP contribution in [-0.2, 0) is 4.74 Å². The van der Waals surface area contributed by atoms with E-state index >= 15 is 39.6 Å². The molecular weight excluding hydrogens is 961 g/mol. The molecule has 0 saturated carbocycles. The van der Waals surface area contributed by atoms with Gasteiger partial charge >= 0.3 is 5.97 Å². The monoisotopic (exact) mass is 976 g/mol. The number of rotatable bonds is 6. The van der Waals surface area contributed by atoms with E-state index in [0.717, 1.165) is 24.3 Å². The van der Waals surface area contributed by atoms with E-state index in [1.165, 1.54) is 0 Å². The zero-order valence-corrected chi connectivity index (χ0v) is 33.5. The zero-order valence-electron chi connectivity index (χ0n) is 33.5. The predicted molar refractivity (Wildman–Crippen MR) is 207 cm³/mol. The van der Waals surface area contributed by atoms with E-state index in [1.54, 1.807) is 0 Å². The molecule has 8 aromatic rings. The van der Waals surface area contributed by atoms with Crippen molar-refractivity contribution in [2.75, 3.05) is 6.61 Å². The number of ether oxygens (including phenoxy) is 2.